The molecule has 7 nitrogen and oxygen atoms in total. The number of H-pyrrole nitrogens is 1. The van der Waals surface area contributed by atoms with E-state index in [1.807, 2.05) is 30.3 Å². The molecule has 0 aliphatic rings. The van der Waals surface area contributed by atoms with Crippen LogP contribution in [0.4, 0.5) is 0 Å². The van der Waals surface area contributed by atoms with Crippen molar-refractivity contribution in [3.05, 3.63) is 66.4 Å². The van der Waals surface area contributed by atoms with E-state index in [2.05, 4.69) is 20.5 Å². The number of nitrogens with zero attached hydrogens (tertiary/aromatic N) is 4. The van der Waals surface area contributed by atoms with Gasteiger partial charge in [0, 0.05) is 5.39 Å². The highest BCUT2D eigenvalue weighted by Crippen LogP contribution is 2.23. The largest absolute Gasteiger partial charge is 0.365 e. The lowest BCUT2D eigenvalue weighted by Gasteiger charge is -2.00. The summed E-state index contributed by atoms with van der Waals surface area (Å²) in [5, 5.41) is 15.9. The zero-order chi connectivity index (χ0) is 15.6. The van der Waals surface area contributed by atoms with Gasteiger partial charge in [-0.25, -0.2) is 4.79 Å². The molecule has 0 saturated heterocycles. The van der Waals surface area contributed by atoms with Crippen molar-refractivity contribution >= 4 is 16.9 Å². The summed E-state index contributed by atoms with van der Waals surface area (Å²) in [6, 6.07) is 16.4. The summed E-state index contributed by atoms with van der Waals surface area (Å²) >= 11 is 0. The van der Waals surface area contributed by atoms with E-state index >= 15 is 0 Å². The van der Waals surface area contributed by atoms with Gasteiger partial charge in [0.2, 0.25) is 0 Å². The van der Waals surface area contributed by atoms with Crippen LogP contribution in [0.3, 0.4) is 0 Å². The van der Waals surface area contributed by atoms with Gasteiger partial charge < -0.3 is 4.84 Å². The minimum absolute atomic E-state index is 0.440. The molecule has 7 heteroatoms. The summed E-state index contributed by atoms with van der Waals surface area (Å²) < 4.78 is 0. The fraction of sp³-hybridized carbons (Fsp3) is 0. The number of rotatable bonds is 3. The van der Waals surface area contributed by atoms with E-state index < -0.39 is 5.97 Å². The number of benzene rings is 2. The number of hydrogen-bond donors (Lipinski definition) is 1. The molecule has 2 aromatic heterocycles. The van der Waals surface area contributed by atoms with Crippen LogP contribution < -0.4 is 4.84 Å². The van der Waals surface area contributed by atoms with Crippen molar-refractivity contribution in [2.75, 3.05) is 0 Å². The Morgan fingerprint density at radius 1 is 1.04 bits per heavy atom. The number of nitrogens with one attached hydrogen (secondary N) is 1. The smallest absolute Gasteiger partial charge is 0.312 e. The number of para-hydroxylation sites is 1. The molecular weight excluding hydrogens is 294 g/mol. The Balaban J connectivity index is 1.61. The first-order chi connectivity index (χ1) is 11.3. The molecule has 2 aromatic carbocycles. The van der Waals surface area contributed by atoms with Gasteiger partial charge in [0.1, 0.15) is 11.4 Å². The highest BCUT2D eigenvalue weighted by Gasteiger charge is 2.14. The molecule has 0 aliphatic heterocycles. The molecule has 4 aromatic rings. The van der Waals surface area contributed by atoms with Crippen molar-refractivity contribution in [1.29, 1.82) is 0 Å². The first kappa shape index (κ1) is 13.2. The van der Waals surface area contributed by atoms with Gasteiger partial charge in [0.25, 0.3) is 0 Å². The minimum Gasteiger partial charge on any atom is -0.312 e. The molecule has 4 rings (SSSR count). The predicted molar refractivity (Wildman–Crippen MR) is 82.5 cm³/mol. The molecule has 1 N–H and O–H groups in total. The third kappa shape index (κ3) is 2.44. The van der Waals surface area contributed by atoms with Gasteiger partial charge in [-0.2, -0.15) is 5.10 Å². The van der Waals surface area contributed by atoms with Crippen molar-refractivity contribution in [1.82, 2.24) is 25.4 Å². The molecule has 0 aliphatic carbocycles. The maximum absolute atomic E-state index is 12.0. The number of hydrogen-bond acceptors (Lipinski definition) is 5. The fourth-order valence-electron chi connectivity index (χ4n) is 2.27. The van der Waals surface area contributed by atoms with Gasteiger partial charge in [0.15, 0.2) is 0 Å². The molecule has 0 unspecified atom stereocenters. The number of fused-ring (bicyclic) bond motifs is 1. The number of aromatic nitrogens is 5. The van der Waals surface area contributed by atoms with Gasteiger partial charge in [-0.15, -0.1) is 5.10 Å². The average Bonchev–Trinajstić information content (AvgIpc) is 3.22. The second-order valence-corrected chi connectivity index (χ2v) is 4.87. The van der Waals surface area contributed by atoms with E-state index in [-0.39, 0.29) is 0 Å². The number of aromatic amines is 1. The fourth-order valence-corrected chi connectivity index (χ4v) is 2.27. The van der Waals surface area contributed by atoms with E-state index in [4.69, 9.17) is 4.84 Å². The van der Waals surface area contributed by atoms with Crippen LogP contribution in [0.2, 0.25) is 0 Å². The van der Waals surface area contributed by atoms with E-state index in [1.165, 1.54) is 6.20 Å². The Hall–Kier alpha value is -3.48. The Morgan fingerprint density at radius 2 is 1.83 bits per heavy atom. The molecule has 0 radical (unpaired) electrons. The van der Waals surface area contributed by atoms with Gasteiger partial charge in [-0.3, -0.25) is 5.10 Å². The molecule has 23 heavy (non-hydrogen) atoms. The summed E-state index contributed by atoms with van der Waals surface area (Å²) in [7, 11) is 0. The second kappa shape index (κ2) is 5.38. The molecule has 0 spiro atoms. The van der Waals surface area contributed by atoms with Crippen LogP contribution >= 0.6 is 0 Å². The van der Waals surface area contributed by atoms with Crippen molar-refractivity contribution < 1.29 is 9.63 Å². The first-order valence-electron chi connectivity index (χ1n) is 6.95. The monoisotopic (exact) mass is 305 g/mol. The van der Waals surface area contributed by atoms with Crippen molar-refractivity contribution in [2.24, 2.45) is 0 Å². The Morgan fingerprint density at radius 3 is 2.70 bits per heavy atom. The van der Waals surface area contributed by atoms with Crippen molar-refractivity contribution in [3.63, 3.8) is 0 Å². The Labute approximate surface area is 130 Å². The maximum Gasteiger partial charge on any atom is 0.365 e. The number of carbonyl (C=O) groups is 1. The average molecular weight is 305 g/mol. The third-order valence-corrected chi connectivity index (χ3v) is 3.37. The molecule has 0 bridgehead atoms. The van der Waals surface area contributed by atoms with Crippen LogP contribution in [0.25, 0.3) is 22.3 Å². The van der Waals surface area contributed by atoms with Crippen LogP contribution in [0, 0.1) is 0 Å². The number of carbonyl (C=O) groups excluding carboxylic acids is 1. The van der Waals surface area contributed by atoms with Crippen LogP contribution in [-0.2, 0) is 0 Å². The molecule has 0 amide bonds. The predicted octanol–water partition coefficient (Wildman–Crippen LogP) is 2.09. The lowest BCUT2D eigenvalue weighted by Crippen LogP contribution is -2.20. The normalized spacial score (nSPS) is 10.8. The Bertz CT molecular complexity index is 974. The lowest BCUT2D eigenvalue weighted by atomic mass is 10.2. The maximum atomic E-state index is 12.0. The molecule has 0 fully saturated rings. The molecule has 0 saturated carbocycles. The van der Waals surface area contributed by atoms with Crippen LogP contribution in [-0.4, -0.2) is 31.3 Å². The van der Waals surface area contributed by atoms with E-state index in [0.29, 0.717) is 17.0 Å². The van der Waals surface area contributed by atoms with E-state index in [9.17, 15) is 4.79 Å². The summed E-state index contributed by atoms with van der Waals surface area (Å²) in [6.07, 6.45) is 1.52. The molecule has 0 atom stereocenters. The minimum atomic E-state index is -0.506. The first-order valence-corrected chi connectivity index (χ1v) is 6.95. The lowest BCUT2D eigenvalue weighted by molar-refractivity contribution is 0.0384. The zero-order valence-electron chi connectivity index (χ0n) is 11.9. The van der Waals surface area contributed by atoms with Gasteiger partial charge in [-0.05, 0) is 23.4 Å². The van der Waals surface area contributed by atoms with Gasteiger partial charge in [0.05, 0.1) is 17.3 Å². The third-order valence-electron chi connectivity index (χ3n) is 3.37. The summed E-state index contributed by atoms with van der Waals surface area (Å²) in [5.41, 5.74) is 2.51. The van der Waals surface area contributed by atoms with E-state index in [0.717, 1.165) is 15.7 Å². The second-order valence-electron chi connectivity index (χ2n) is 4.87. The molecule has 2 heterocycles. The highest BCUT2D eigenvalue weighted by atomic mass is 16.7. The van der Waals surface area contributed by atoms with Crippen LogP contribution in [0.15, 0.2) is 60.8 Å². The van der Waals surface area contributed by atoms with Gasteiger partial charge in [-0.1, -0.05) is 41.2 Å². The SMILES string of the molecule is O=C(On1cc(-c2n[nH]c3ccccc23)nn1)c1ccccc1. The van der Waals surface area contributed by atoms with Crippen LogP contribution in [0.1, 0.15) is 10.4 Å². The Kier molecular flexibility index (Phi) is 3.09. The summed E-state index contributed by atoms with van der Waals surface area (Å²) in [4.78, 5) is 18.2. The molecule has 112 valence electrons. The quantitative estimate of drug-likeness (QED) is 0.586. The molecular formula is C16H11N5O2. The van der Waals surface area contributed by atoms with Crippen molar-refractivity contribution in [3.8, 4) is 11.4 Å². The van der Waals surface area contributed by atoms with Gasteiger partial charge >= 0.3 is 5.97 Å². The van der Waals surface area contributed by atoms with Crippen LogP contribution in [0.5, 0.6) is 0 Å². The van der Waals surface area contributed by atoms with E-state index in [1.54, 1.807) is 24.3 Å². The van der Waals surface area contributed by atoms with Crippen molar-refractivity contribution in [2.45, 2.75) is 0 Å². The summed E-state index contributed by atoms with van der Waals surface area (Å²) in [5.74, 6) is -0.506. The standard InChI is InChI=1S/C16H11N5O2/c22-16(11-6-2-1-3-7-11)23-21-10-14(18-20-21)15-12-8-4-5-9-13(12)17-19-15/h1-10H,(H,17,19). The summed E-state index contributed by atoms with van der Waals surface area (Å²) in [6.45, 7) is 0. The highest BCUT2D eigenvalue weighted by molar-refractivity contribution is 5.91. The zero-order valence-corrected chi connectivity index (χ0v) is 11.9. The topological polar surface area (TPSA) is 85.7 Å².